The van der Waals surface area contributed by atoms with Gasteiger partial charge in [0.1, 0.15) is 5.75 Å². The van der Waals surface area contributed by atoms with Crippen LogP contribution in [-0.4, -0.2) is 30.5 Å². The molecule has 0 fully saturated rings. The van der Waals surface area contributed by atoms with Crippen LogP contribution in [0, 0.1) is 24.0 Å². The molecule has 0 amide bonds. The third-order valence-electron chi connectivity index (χ3n) is 3.45. The largest absolute Gasteiger partial charge is 0.482 e. The van der Waals surface area contributed by atoms with Crippen LogP contribution in [0.2, 0.25) is 0 Å². The number of nitro groups is 1. The second kappa shape index (κ2) is 10.0. The van der Waals surface area contributed by atoms with Crippen molar-refractivity contribution in [2.24, 2.45) is 0 Å². The fourth-order valence-electron chi connectivity index (χ4n) is 2.08. The summed E-state index contributed by atoms with van der Waals surface area (Å²) in [6.45, 7) is 0.270. The van der Waals surface area contributed by atoms with E-state index in [4.69, 9.17) is 5.73 Å². The van der Waals surface area contributed by atoms with Crippen LogP contribution < -0.4 is 15.2 Å². The maximum absolute atomic E-state index is 11.9. The van der Waals surface area contributed by atoms with Crippen molar-refractivity contribution in [3.63, 3.8) is 0 Å². The predicted molar refractivity (Wildman–Crippen MR) is 96.5 cm³/mol. The molecule has 0 spiro atoms. The van der Waals surface area contributed by atoms with Crippen LogP contribution in [0.3, 0.4) is 0 Å². The van der Waals surface area contributed by atoms with E-state index in [0.29, 0.717) is 5.56 Å². The van der Waals surface area contributed by atoms with E-state index in [9.17, 15) is 36.5 Å². The van der Waals surface area contributed by atoms with E-state index in [0.717, 1.165) is 6.07 Å². The number of para-hydroxylation sites is 2. The highest BCUT2D eigenvalue weighted by atomic mass is 19.4. The highest BCUT2D eigenvalue weighted by Crippen LogP contribution is 2.31. The molecule has 0 unspecified atom stereocenters. The van der Waals surface area contributed by atoms with Crippen molar-refractivity contribution in [1.29, 1.82) is 0 Å². The molecule has 166 valence electrons. The second-order valence-corrected chi connectivity index (χ2v) is 5.97. The first-order valence-electron chi connectivity index (χ1n) is 8.19. The zero-order valence-corrected chi connectivity index (χ0v) is 15.8. The highest BCUT2D eigenvalue weighted by Gasteiger charge is 2.30. The number of aryl methyl sites for hydroxylation is 2. The normalized spacial score (nSPS) is 11.3. The maximum atomic E-state index is 11.9. The van der Waals surface area contributed by atoms with Gasteiger partial charge in [0.15, 0.2) is 19.0 Å². The molecule has 0 aliphatic heterocycles. The van der Waals surface area contributed by atoms with Gasteiger partial charge in [-0.3, -0.25) is 10.1 Å². The molecular weight excluding hydrogens is 422 g/mol. The van der Waals surface area contributed by atoms with Crippen LogP contribution >= 0.6 is 0 Å². The van der Waals surface area contributed by atoms with Crippen LogP contribution in [0.15, 0.2) is 36.4 Å². The molecule has 30 heavy (non-hydrogen) atoms. The van der Waals surface area contributed by atoms with Crippen molar-refractivity contribution in [3.8, 4) is 11.5 Å². The Kier molecular flexibility index (Phi) is 8.31. The Balaban J connectivity index is 0.000000303. The van der Waals surface area contributed by atoms with Crippen LogP contribution in [-0.2, 0) is 0 Å². The number of ether oxygens (including phenoxy) is 2. The summed E-state index contributed by atoms with van der Waals surface area (Å²) < 4.78 is 80.0. The van der Waals surface area contributed by atoms with Crippen molar-refractivity contribution in [2.45, 2.75) is 26.2 Å². The van der Waals surface area contributed by atoms with Crippen molar-refractivity contribution in [2.75, 3.05) is 18.9 Å². The number of hydrogen-bond acceptors (Lipinski definition) is 5. The fourth-order valence-corrected chi connectivity index (χ4v) is 2.08. The van der Waals surface area contributed by atoms with Gasteiger partial charge in [0.2, 0.25) is 0 Å². The molecule has 0 atom stereocenters. The second-order valence-electron chi connectivity index (χ2n) is 5.97. The van der Waals surface area contributed by atoms with Crippen molar-refractivity contribution in [1.82, 2.24) is 0 Å². The number of halogens is 6. The zero-order valence-electron chi connectivity index (χ0n) is 15.8. The topological polar surface area (TPSA) is 87.6 Å². The van der Waals surface area contributed by atoms with E-state index in [2.05, 4.69) is 9.47 Å². The lowest BCUT2D eigenvalue weighted by molar-refractivity contribution is -0.386. The average molecular weight is 440 g/mol. The van der Waals surface area contributed by atoms with E-state index in [1.165, 1.54) is 25.1 Å². The minimum atomic E-state index is -4.52. The Bertz CT molecular complexity index is 869. The van der Waals surface area contributed by atoms with Crippen LogP contribution in [0.5, 0.6) is 11.5 Å². The molecule has 2 rings (SSSR count). The number of alkyl halides is 6. The average Bonchev–Trinajstić information content (AvgIpc) is 2.60. The Morgan fingerprint density at radius 3 is 1.77 bits per heavy atom. The van der Waals surface area contributed by atoms with Gasteiger partial charge in [-0.25, -0.2) is 0 Å². The zero-order chi connectivity index (χ0) is 23.1. The predicted octanol–water partition coefficient (Wildman–Crippen LogP) is 5.36. The van der Waals surface area contributed by atoms with Gasteiger partial charge in [-0.05, 0) is 31.5 Å². The summed E-state index contributed by atoms with van der Waals surface area (Å²) in [6.07, 6.45) is -8.85. The minimum absolute atomic E-state index is 0.0716. The highest BCUT2D eigenvalue weighted by molar-refractivity contribution is 5.57. The molecule has 0 aliphatic rings. The van der Waals surface area contributed by atoms with Gasteiger partial charge >= 0.3 is 18.0 Å². The molecule has 2 aromatic rings. The van der Waals surface area contributed by atoms with Gasteiger partial charge in [0.25, 0.3) is 0 Å². The summed E-state index contributed by atoms with van der Waals surface area (Å²) in [7, 11) is 0. The Morgan fingerprint density at radius 2 is 1.30 bits per heavy atom. The minimum Gasteiger partial charge on any atom is -0.482 e. The summed E-state index contributed by atoms with van der Waals surface area (Å²) in [5.41, 5.74) is 6.28. The summed E-state index contributed by atoms with van der Waals surface area (Å²) in [5.74, 6) is -0.301. The molecule has 0 bridgehead atoms. The molecule has 0 aromatic heterocycles. The molecule has 0 saturated carbocycles. The fraction of sp³-hybridized carbons (Fsp3) is 0.333. The molecule has 0 aliphatic carbocycles. The molecule has 0 saturated heterocycles. The quantitative estimate of drug-likeness (QED) is 0.293. The summed E-state index contributed by atoms with van der Waals surface area (Å²) in [4.78, 5) is 9.85. The number of rotatable bonds is 5. The summed E-state index contributed by atoms with van der Waals surface area (Å²) in [5, 5.41) is 10.6. The van der Waals surface area contributed by atoms with E-state index in [1.807, 2.05) is 0 Å². The van der Waals surface area contributed by atoms with Crippen molar-refractivity contribution >= 4 is 11.4 Å². The molecule has 6 nitrogen and oxygen atoms in total. The number of nitro benzene ring substituents is 1. The molecule has 0 radical (unpaired) electrons. The first kappa shape index (κ1) is 24.9. The summed E-state index contributed by atoms with van der Waals surface area (Å²) >= 11 is 0. The van der Waals surface area contributed by atoms with Crippen LogP contribution in [0.25, 0.3) is 0 Å². The maximum Gasteiger partial charge on any atom is 0.422 e. The van der Waals surface area contributed by atoms with Crippen LogP contribution in [0.4, 0.5) is 37.7 Å². The molecule has 2 aromatic carbocycles. The molecule has 0 heterocycles. The number of benzene rings is 2. The Hall–Kier alpha value is -3.18. The third kappa shape index (κ3) is 8.45. The molecular formula is C18H18F6N2O4. The van der Waals surface area contributed by atoms with E-state index in [-0.39, 0.29) is 22.7 Å². The lowest BCUT2D eigenvalue weighted by Gasteiger charge is -2.11. The van der Waals surface area contributed by atoms with Gasteiger partial charge in [0, 0.05) is 5.56 Å². The smallest absolute Gasteiger partial charge is 0.422 e. The first-order chi connectivity index (χ1) is 13.7. The van der Waals surface area contributed by atoms with E-state index >= 15 is 0 Å². The molecule has 12 heteroatoms. The van der Waals surface area contributed by atoms with E-state index in [1.54, 1.807) is 19.1 Å². The monoisotopic (exact) mass is 440 g/mol. The number of hydrogen-bond donors (Lipinski definition) is 1. The lowest BCUT2D eigenvalue weighted by atomic mass is 10.2. The van der Waals surface area contributed by atoms with Gasteiger partial charge in [-0.2, -0.15) is 26.3 Å². The number of nitrogens with zero attached hydrogens (tertiary/aromatic N) is 1. The standard InChI is InChI=1S/C9H8F3NO3.C9H10F3NO/c1-6-3-2-4-7(8(6)13(14)15)16-5-9(10,11)12;1-6-3-2-4-7(8(6)13)14-5-9(10,11)12/h2-4H,5H2,1H3;2-4H,5,13H2,1H3. The lowest BCUT2D eigenvalue weighted by Crippen LogP contribution is -2.19. The van der Waals surface area contributed by atoms with Gasteiger partial charge in [-0.15, -0.1) is 0 Å². The van der Waals surface area contributed by atoms with Crippen molar-refractivity contribution < 1.29 is 40.7 Å². The Labute approximate surface area is 167 Å². The number of anilines is 1. The summed E-state index contributed by atoms with van der Waals surface area (Å²) in [6, 6.07) is 8.67. The first-order valence-corrected chi connectivity index (χ1v) is 8.19. The van der Waals surface area contributed by atoms with E-state index < -0.39 is 36.2 Å². The van der Waals surface area contributed by atoms with Gasteiger partial charge < -0.3 is 15.2 Å². The van der Waals surface area contributed by atoms with Crippen LogP contribution in [0.1, 0.15) is 11.1 Å². The number of nitrogen functional groups attached to an aromatic ring is 1. The third-order valence-corrected chi connectivity index (χ3v) is 3.45. The van der Waals surface area contributed by atoms with Crippen molar-refractivity contribution in [3.05, 3.63) is 57.6 Å². The number of nitrogens with two attached hydrogens (primary N) is 1. The van der Waals surface area contributed by atoms with Gasteiger partial charge in [0.05, 0.1) is 10.6 Å². The SMILES string of the molecule is Cc1cccc(OCC(F)(F)F)c1N.Cc1cccc(OCC(F)(F)F)c1[N+](=O)[O-]. The van der Waals surface area contributed by atoms with Gasteiger partial charge in [-0.1, -0.05) is 24.3 Å². The molecule has 2 N–H and O–H groups in total. The Morgan fingerprint density at radius 1 is 0.867 bits per heavy atom.